The molecule has 0 saturated heterocycles. The zero-order chi connectivity index (χ0) is 19.5. The van der Waals surface area contributed by atoms with Gasteiger partial charge in [-0.3, -0.25) is 9.98 Å². The van der Waals surface area contributed by atoms with Crippen molar-refractivity contribution < 1.29 is 13.2 Å². The predicted molar refractivity (Wildman–Crippen MR) is 105 cm³/mol. The Morgan fingerprint density at radius 2 is 1.85 bits per heavy atom. The first kappa shape index (κ1) is 20.7. The number of hydrogen-bond donors (Lipinski definition) is 3. The number of methoxy groups -OCH3 is 1. The van der Waals surface area contributed by atoms with Crippen LogP contribution >= 0.6 is 0 Å². The third kappa shape index (κ3) is 6.87. The number of aliphatic imine (C=N–C) groups is 1. The number of hydrogen-bond acceptors (Lipinski definition) is 5. The van der Waals surface area contributed by atoms with Gasteiger partial charge in [0.15, 0.2) is 5.96 Å². The van der Waals surface area contributed by atoms with Gasteiger partial charge in [-0.25, -0.2) is 13.1 Å². The first-order chi connectivity index (χ1) is 13.0. The zero-order valence-corrected chi connectivity index (χ0v) is 16.3. The Morgan fingerprint density at radius 1 is 1.11 bits per heavy atom. The van der Waals surface area contributed by atoms with Gasteiger partial charge in [0, 0.05) is 39.1 Å². The van der Waals surface area contributed by atoms with Gasteiger partial charge in [0.1, 0.15) is 10.6 Å². The van der Waals surface area contributed by atoms with Gasteiger partial charge in [-0.1, -0.05) is 12.1 Å². The molecule has 0 unspecified atom stereocenters. The van der Waals surface area contributed by atoms with Gasteiger partial charge in [-0.2, -0.15) is 0 Å². The lowest BCUT2D eigenvalue weighted by molar-refractivity contribution is 0.414. The van der Waals surface area contributed by atoms with E-state index in [0.717, 1.165) is 12.2 Å². The number of nitrogens with zero attached hydrogens (tertiary/aromatic N) is 2. The third-order valence-electron chi connectivity index (χ3n) is 3.74. The summed E-state index contributed by atoms with van der Waals surface area (Å²) in [6.07, 6.45) is 3.68. The van der Waals surface area contributed by atoms with Gasteiger partial charge < -0.3 is 15.4 Å². The lowest BCUT2D eigenvalue weighted by Crippen LogP contribution is -2.42. The topological polar surface area (TPSA) is 105 Å². The smallest absolute Gasteiger partial charge is 0.242 e. The molecule has 9 heteroatoms. The summed E-state index contributed by atoms with van der Waals surface area (Å²) in [4.78, 5) is 8.09. The predicted octanol–water partition coefficient (Wildman–Crippen LogP) is 0.776. The van der Waals surface area contributed by atoms with Gasteiger partial charge >= 0.3 is 0 Å². The number of ether oxygens (including phenoxy) is 1. The van der Waals surface area contributed by atoms with E-state index >= 15 is 0 Å². The number of aromatic nitrogens is 1. The summed E-state index contributed by atoms with van der Waals surface area (Å²) in [7, 11) is -0.236. The van der Waals surface area contributed by atoms with E-state index in [-0.39, 0.29) is 11.4 Å². The van der Waals surface area contributed by atoms with Crippen molar-refractivity contribution >= 4 is 16.0 Å². The van der Waals surface area contributed by atoms with E-state index < -0.39 is 10.0 Å². The largest absolute Gasteiger partial charge is 0.497 e. The van der Waals surface area contributed by atoms with Crippen LogP contribution in [0.3, 0.4) is 0 Å². The number of rotatable bonds is 9. The average molecular weight is 391 g/mol. The highest BCUT2D eigenvalue weighted by atomic mass is 32.2. The Bertz CT molecular complexity index is 824. The fraction of sp³-hybridized carbons (Fsp3) is 0.333. The fourth-order valence-electron chi connectivity index (χ4n) is 2.29. The molecule has 3 N–H and O–H groups in total. The van der Waals surface area contributed by atoms with Crippen LogP contribution in [0.4, 0.5) is 0 Å². The van der Waals surface area contributed by atoms with Crippen molar-refractivity contribution in [1.82, 2.24) is 20.3 Å². The number of pyridine rings is 1. The number of benzene rings is 1. The van der Waals surface area contributed by atoms with E-state index in [1.165, 1.54) is 24.0 Å². The molecule has 1 aromatic carbocycles. The van der Waals surface area contributed by atoms with Crippen molar-refractivity contribution in [3.05, 3.63) is 54.4 Å². The second-order valence-electron chi connectivity index (χ2n) is 5.61. The average Bonchev–Trinajstić information content (AvgIpc) is 2.71. The van der Waals surface area contributed by atoms with Crippen LogP contribution in [0.5, 0.6) is 5.75 Å². The Morgan fingerprint density at radius 3 is 2.48 bits per heavy atom. The van der Waals surface area contributed by atoms with Crippen molar-refractivity contribution in [2.24, 2.45) is 4.99 Å². The molecule has 0 saturated carbocycles. The van der Waals surface area contributed by atoms with Gasteiger partial charge in [0.25, 0.3) is 0 Å². The second kappa shape index (κ2) is 10.5. The maximum atomic E-state index is 12.1. The molecule has 2 rings (SSSR count). The van der Waals surface area contributed by atoms with Crippen molar-refractivity contribution in [2.45, 2.75) is 11.3 Å². The lowest BCUT2D eigenvalue weighted by atomic mass is 10.1. The summed E-state index contributed by atoms with van der Waals surface area (Å²) in [6.45, 7) is 1.34. The first-order valence-corrected chi connectivity index (χ1v) is 10.0. The van der Waals surface area contributed by atoms with Crippen LogP contribution in [0.15, 0.2) is 58.7 Å². The van der Waals surface area contributed by atoms with Crippen LogP contribution in [0.25, 0.3) is 0 Å². The second-order valence-corrected chi connectivity index (χ2v) is 7.38. The lowest BCUT2D eigenvalue weighted by Gasteiger charge is -2.12. The van der Waals surface area contributed by atoms with Crippen molar-refractivity contribution in [1.29, 1.82) is 0 Å². The highest BCUT2D eigenvalue weighted by Crippen LogP contribution is 2.11. The minimum atomic E-state index is -3.55. The van der Waals surface area contributed by atoms with E-state index in [4.69, 9.17) is 4.74 Å². The molecule has 0 amide bonds. The molecule has 0 spiro atoms. The molecule has 0 bridgehead atoms. The SMILES string of the molecule is CN=C(NCCNS(=O)(=O)c1cccnc1)NCCc1ccc(OC)cc1. The molecule has 0 aliphatic heterocycles. The third-order valence-corrected chi connectivity index (χ3v) is 5.19. The van der Waals surface area contributed by atoms with Gasteiger partial charge in [-0.05, 0) is 36.2 Å². The van der Waals surface area contributed by atoms with Crippen LogP contribution in [-0.2, 0) is 16.4 Å². The van der Waals surface area contributed by atoms with Crippen molar-refractivity contribution in [2.75, 3.05) is 33.8 Å². The van der Waals surface area contributed by atoms with Crippen LogP contribution in [0, 0.1) is 0 Å². The quantitative estimate of drug-likeness (QED) is 0.331. The summed E-state index contributed by atoms with van der Waals surface area (Å²) in [5, 5.41) is 6.27. The van der Waals surface area contributed by atoms with Crippen LogP contribution < -0.4 is 20.1 Å². The minimum absolute atomic E-state index is 0.145. The van der Waals surface area contributed by atoms with E-state index in [9.17, 15) is 8.42 Å². The maximum Gasteiger partial charge on any atom is 0.242 e. The highest BCUT2D eigenvalue weighted by molar-refractivity contribution is 7.89. The molecule has 2 aromatic rings. The standard InChI is InChI=1S/C18H25N5O3S/c1-19-18(21-11-9-15-5-7-16(26-2)8-6-15)22-12-13-23-27(24,25)17-4-3-10-20-14-17/h3-8,10,14,23H,9,11-13H2,1-2H3,(H2,19,21,22). The normalized spacial score (nSPS) is 11.9. The van der Waals surface area contributed by atoms with Crippen molar-refractivity contribution in [3.63, 3.8) is 0 Å². The molecule has 8 nitrogen and oxygen atoms in total. The fourth-order valence-corrected chi connectivity index (χ4v) is 3.29. The van der Waals surface area contributed by atoms with E-state index in [1.54, 1.807) is 20.2 Å². The van der Waals surface area contributed by atoms with Gasteiger partial charge in [0.2, 0.25) is 10.0 Å². The van der Waals surface area contributed by atoms with E-state index in [2.05, 4.69) is 25.3 Å². The van der Waals surface area contributed by atoms with Crippen LogP contribution in [0.1, 0.15) is 5.56 Å². The molecule has 0 fully saturated rings. The Kier molecular flexibility index (Phi) is 8.02. The van der Waals surface area contributed by atoms with Crippen LogP contribution in [0.2, 0.25) is 0 Å². The molecule has 0 aliphatic carbocycles. The minimum Gasteiger partial charge on any atom is -0.497 e. The summed E-state index contributed by atoms with van der Waals surface area (Å²) in [5.41, 5.74) is 1.18. The number of guanidine groups is 1. The molecule has 146 valence electrons. The molecule has 1 aromatic heterocycles. The summed E-state index contributed by atoms with van der Waals surface area (Å²) >= 11 is 0. The Balaban J connectivity index is 1.69. The molecule has 27 heavy (non-hydrogen) atoms. The monoisotopic (exact) mass is 391 g/mol. The maximum absolute atomic E-state index is 12.1. The molecular formula is C18H25N5O3S. The summed E-state index contributed by atoms with van der Waals surface area (Å²) in [5.74, 6) is 1.45. The molecular weight excluding hydrogens is 366 g/mol. The van der Waals surface area contributed by atoms with E-state index in [0.29, 0.717) is 19.0 Å². The highest BCUT2D eigenvalue weighted by Gasteiger charge is 2.12. The zero-order valence-electron chi connectivity index (χ0n) is 15.5. The summed E-state index contributed by atoms with van der Waals surface area (Å²) < 4.78 is 31.8. The molecule has 0 atom stereocenters. The molecule has 0 aliphatic rings. The molecule has 0 radical (unpaired) electrons. The Labute approximate surface area is 160 Å². The Hall–Kier alpha value is -2.65. The van der Waals surface area contributed by atoms with Gasteiger partial charge in [0.05, 0.1) is 7.11 Å². The number of sulfonamides is 1. The van der Waals surface area contributed by atoms with E-state index in [1.807, 2.05) is 24.3 Å². The molecule has 1 heterocycles. The first-order valence-electron chi connectivity index (χ1n) is 8.52. The van der Waals surface area contributed by atoms with Crippen LogP contribution in [-0.4, -0.2) is 53.2 Å². The van der Waals surface area contributed by atoms with Gasteiger partial charge in [-0.15, -0.1) is 0 Å². The number of nitrogens with one attached hydrogen (secondary N) is 3. The van der Waals surface area contributed by atoms with Crippen molar-refractivity contribution in [3.8, 4) is 5.75 Å². The summed E-state index contributed by atoms with van der Waals surface area (Å²) in [6, 6.07) is 11.0.